The number of amides is 1. The summed E-state index contributed by atoms with van der Waals surface area (Å²) in [6, 6.07) is 11.1. The van der Waals surface area contributed by atoms with E-state index in [1.165, 1.54) is 19.2 Å². The Morgan fingerprint density at radius 3 is 2.61 bits per heavy atom. The lowest BCUT2D eigenvalue weighted by molar-refractivity contribution is -0.123. The van der Waals surface area contributed by atoms with Crippen LogP contribution in [0.2, 0.25) is 5.02 Å². The van der Waals surface area contributed by atoms with Gasteiger partial charge in [0.25, 0.3) is 0 Å². The lowest BCUT2D eigenvalue weighted by atomic mass is 10.1. The van der Waals surface area contributed by atoms with Crippen LogP contribution in [-0.4, -0.2) is 18.1 Å². The molecule has 0 radical (unpaired) electrons. The van der Waals surface area contributed by atoms with E-state index in [-0.39, 0.29) is 24.6 Å². The van der Waals surface area contributed by atoms with Gasteiger partial charge in [0.2, 0.25) is 5.91 Å². The molecule has 0 aliphatic rings. The highest BCUT2D eigenvalue weighted by atomic mass is 35.5. The quantitative estimate of drug-likeness (QED) is 0.851. The molecule has 0 spiro atoms. The molecule has 0 saturated heterocycles. The molecule has 23 heavy (non-hydrogen) atoms. The number of halogens is 2. The fourth-order valence-electron chi connectivity index (χ4n) is 2.07. The summed E-state index contributed by atoms with van der Waals surface area (Å²) in [5.74, 6) is -0.664. The molecule has 0 fully saturated rings. The number of benzene rings is 2. The van der Waals surface area contributed by atoms with E-state index >= 15 is 0 Å². The van der Waals surface area contributed by atoms with Gasteiger partial charge in [0.15, 0.2) is 11.6 Å². The molecule has 4 nitrogen and oxygen atoms in total. The molecular weight excluding hydrogens is 321 g/mol. The van der Waals surface area contributed by atoms with Crippen molar-refractivity contribution in [3.63, 3.8) is 0 Å². The van der Waals surface area contributed by atoms with Crippen LogP contribution in [0.5, 0.6) is 5.75 Å². The van der Waals surface area contributed by atoms with Crippen molar-refractivity contribution in [2.24, 2.45) is 0 Å². The maximum Gasteiger partial charge on any atom is 0.223 e. The number of hydrogen-bond acceptors (Lipinski definition) is 3. The van der Waals surface area contributed by atoms with Crippen LogP contribution in [-0.2, 0) is 11.3 Å². The van der Waals surface area contributed by atoms with Crippen LogP contribution in [0, 0.1) is 5.82 Å². The normalized spacial score (nSPS) is 11.8. The Morgan fingerprint density at radius 1 is 1.30 bits per heavy atom. The van der Waals surface area contributed by atoms with E-state index in [1.54, 1.807) is 30.3 Å². The fourth-order valence-corrected chi connectivity index (χ4v) is 2.20. The summed E-state index contributed by atoms with van der Waals surface area (Å²) in [7, 11) is 1.39. The third-order valence-corrected chi connectivity index (χ3v) is 3.59. The molecule has 0 saturated carbocycles. The van der Waals surface area contributed by atoms with E-state index in [1.807, 2.05) is 0 Å². The first-order valence-electron chi connectivity index (χ1n) is 7.02. The summed E-state index contributed by atoms with van der Waals surface area (Å²) in [6.07, 6.45) is -1.000. The Kier molecular flexibility index (Phi) is 5.96. The first-order valence-corrected chi connectivity index (χ1v) is 7.40. The summed E-state index contributed by atoms with van der Waals surface area (Å²) in [6.45, 7) is 0.174. The monoisotopic (exact) mass is 337 g/mol. The van der Waals surface area contributed by atoms with Gasteiger partial charge in [0.1, 0.15) is 0 Å². The third kappa shape index (κ3) is 4.94. The zero-order valence-corrected chi connectivity index (χ0v) is 13.3. The summed E-state index contributed by atoms with van der Waals surface area (Å²) >= 11 is 5.77. The molecule has 0 aliphatic carbocycles. The molecule has 1 atom stereocenters. The summed E-state index contributed by atoms with van der Waals surface area (Å²) in [5, 5.41) is 13.2. The Hall–Kier alpha value is -2.11. The predicted octanol–water partition coefficient (Wildman–Crippen LogP) is 3.23. The van der Waals surface area contributed by atoms with Gasteiger partial charge in [0, 0.05) is 11.6 Å². The smallest absolute Gasteiger partial charge is 0.223 e. The largest absolute Gasteiger partial charge is 0.494 e. The lowest BCUT2D eigenvalue weighted by Crippen LogP contribution is -2.24. The SMILES string of the molecule is COc1ccc(CNC(=O)CC(O)c2ccc(Cl)cc2)cc1F. The maximum atomic E-state index is 13.6. The van der Waals surface area contributed by atoms with Crippen LogP contribution in [0.25, 0.3) is 0 Å². The first kappa shape index (κ1) is 17.2. The highest BCUT2D eigenvalue weighted by Gasteiger charge is 2.13. The number of rotatable bonds is 6. The van der Waals surface area contributed by atoms with Gasteiger partial charge in [-0.25, -0.2) is 4.39 Å². The van der Waals surface area contributed by atoms with Gasteiger partial charge in [-0.3, -0.25) is 4.79 Å². The van der Waals surface area contributed by atoms with Gasteiger partial charge in [-0.2, -0.15) is 0 Å². The van der Waals surface area contributed by atoms with E-state index in [0.717, 1.165) is 0 Å². The zero-order chi connectivity index (χ0) is 16.8. The summed E-state index contributed by atoms with van der Waals surface area (Å²) < 4.78 is 18.4. The van der Waals surface area contributed by atoms with Gasteiger partial charge in [-0.05, 0) is 35.4 Å². The number of nitrogens with one attached hydrogen (secondary N) is 1. The van der Waals surface area contributed by atoms with Crippen LogP contribution < -0.4 is 10.1 Å². The van der Waals surface area contributed by atoms with Gasteiger partial charge in [0.05, 0.1) is 19.6 Å². The highest BCUT2D eigenvalue weighted by molar-refractivity contribution is 6.30. The van der Waals surface area contributed by atoms with Crippen LogP contribution in [0.1, 0.15) is 23.7 Å². The van der Waals surface area contributed by atoms with Crippen molar-refractivity contribution in [1.29, 1.82) is 0 Å². The minimum atomic E-state index is -0.917. The number of carbonyl (C=O) groups is 1. The van der Waals surface area contributed by atoms with Crippen molar-refractivity contribution in [2.45, 2.75) is 19.1 Å². The molecule has 2 N–H and O–H groups in total. The molecule has 2 aromatic carbocycles. The molecule has 2 aromatic rings. The lowest BCUT2D eigenvalue weighted by Gasteiger charge is -2.12. The van der Waals surface area contributed by atoms with Crippen molar-refractivity contribution in [2.75, 3.05) is 7.11 Å². The van der Waals surface area contributed by atoms with Crippen LogP contribution >= 0.6 is 11.6 Å². The first-order chi connectivity index (χ1) is 11.0. The molecule has 2 rings (SSSR count). The third-order valence-electron chi connectivity index (χ3n) is 3.34. The average Bonchev–Trinajstić information content (AvgIpc) is 2.53. The topological polar surface area (TPSA) is 58.6 Å². The number of methoxy groups -OCH3 is 1. The van der Waals surface area contributed by atoms with Gasteiger partial charge in [-0.1, -0.05) is 29.8 Å². The number of carbonyl (C=O) groups excluding carboxylic acids is 1. The molecule has 1 unspecified atom stereocenters. The molecule has 0 aromatic heterocycles. The van der Waals surface area contributed by atoms with E-state index < -0.39 is 11.9 Å². The van der Waals surface area contributed by atoms with Crippen LogP contribution in [0.15, 0.2) is 42.5 Å². The van der Waals surface area contributed by atoms with E-state index in [0.29, 0.717) is 16.1 Å². The van der Waals surface area contributed by atoms with Gasteiger partial charge < -0.3 is 15.2 Å². The van der Waals surface area contributed by atoms with E-state index in [9.17, 15) is 14.3 Å². The fraction of sp³-hybridized carbons (Fsp3) is 0.235. The van der Waals surface area contributed by atoms with Crippen LogP contribution in [0.4, 0.5) is 4.39 Å². The van der Waals surface area contributed by atoms with Crippen molar-refractivity contribution in [3.8, 4) is 5.75 Å². The Bertz CT molecular complexity index is 676. The average molecular weight is 338 g/mol. The minimum absolute atomic E-state index is 0.0831. The second-order valence-electron chi connectivity index (χ2n) is 5.02. The Morgan fingerprint density at radius 2 is 2.00 bits per heavy atom. The Labute approximate surface area is 138 Å². The molecular formula is C17H17ClFNO3. The van der Waals surface area contributed by atoms with E-state index in [4.69, 9.17) is 16.3 Å². The Balaban J connectivity index is 1.87. The second-order valence-corrected chi connectivity index (χ2v) is 5.45. The summed E-state index contributed by atoms with van der Waals surface area (Å²) in [5.41, 5.74) is 1.22. The number of hydrogen-bond donors (Lipinski definition) is 2. The summed E-state index contributed by atoms with van der Waals surface area (Å²) in [4.78, 5) is 11.9. The van der Waals surface area contributed by atoms with Crippen molar-refractivity contribution < 1.29 is 19.0 Å². The van der Waals surface area contributed by atoms with Crippen molar-refractivity contribution in [3.05, 3.63) is 64.4 Å². The number of ether oxygens (including phenoxy) is 1. The maximum absolute atomic E-state index is 13.6. The van der Waals surface area contributed by atoms with Crippen molar-refractivity contribution >= 4 is 17.5 Å². The molecule has 6 heteroatoms. The molecule has 0 aliphatic heterocycles. The standard InChI is InChI=1S/C17H17ClFNO3/c1-23-16-7-2-11(8-14(16)19)10-20-17(22)9-15(21)12-3-5-13(18)6-4-12/h2-8,15,21H,9-10H2,1H3,(H,20,22). The molecule has 122 valence electrons. The van der Waals surface area contributed by atoms with Gasteiger partial charge >= 0.3 is 0 Å². The van der Waals surface area contributed by atoms with E-state index in [2.05, 4.69) is 5.32 Å². The number of aliphatic hydroxyl groups is 1. The highest BCUT2D eigenvalue weighted by Crippen LogP contribution is 2.20. The van der Waals surface area contributed by atoms with Gasteiger partial charge in [-0.15, -0.1) is 0 Å². The van der Waals surface area contributed by atoms with Crippen molar-refractivity contribution in [1.82, 2.24) is 5.32 Å². The molecule has 1 amide bonds. The minimum Gasteiger partial charge on any atom is -0.494 e. The molecule has 0 heterocycles. The predicted molar refractivity (Wildman–Crippen MR) is 85.8 cm³/mol. The number of aliphatic hydroxyl groups excluding tert-OH is 1. The van der Waals surface area contributed by atoms with Crippen LogP contribution in [0.3, 0.4) is 0 Å². The second kappa shape index (κ2) is 7.94. The molecule has 0 bridgehead atoms. The zero-order valence-electron chi connectivity index (χ0n) is 12.6.